The normalized spacial score (nSPS) is 12.0. The van der Waals surface area contributed by atoms with E-state index in [-0.39, 0.29) is 23.8 Å². The van der Waals surface area contributed by atoms with Crippen LogP contribution in [0.1, 0.15) is 47.6 Å². The molecular weight excluding hydrogens is 653 g/mol. The van der Waals surface area contributed by atoms with E-state index in [0.29, 0.717) is 27.8 Å². The van der Waals surface area contributed by atoms with Crippen LogP contribution in [-0.4, -0.2) is 44.3 Å². The molecule has 0 spiro atoms. The molecule has 0 heterocycles. The van der Waals surface area contributed by atoms with Crippen molar-refractivity contribution in [3.63, 3.8) is 0 Å². The van der Waals surface area contributed by atoms with E-state index in [9.17, 15) is 18.0 Å². The zero-order valence-electron chi connectivity index (χ0n) is 27.2. The second-order valence-corrected chi connectivity index (χ2v) is 14.4. The smallest absolute Gasteiger partial charge is 0.264 e. The van der Waals surface area contributed by atoms with Crippen molar-refractivity contribution in [1.29, 1.82) is 0 Å². The third-order valence-corrected chi connectivity index (χ3v) is 10.5. The Labute approximate surface area is 288 Å². The van der Waals surface area contributed by atoms with Gasteiger partial charge >= 0.3 is 0 Å². The van der Waals surface area contributed by atoms with E-state index >= 15 is 0 Å². The molecule has 0 aliphatic rings. The Balaban J connectivity index is 1.83. The number of halogens is 2. The fourth-order valence-electron chi connectivity index (χ4n) is 5.14. The summed E-state index contributed by atoms with van der Waals surface area (Å²) in [6.45, 7) is 7.59. The third-order valence-electron chi connectivity index (χ3n) is 8.12. The summed E-state index contributed by atoms with van der Waals surface area (Å²) < 4.78 is 29.6. The molecule has 2 amide bonds. The summed E-state index contributed by atoms with van der Waals surface area (Å²) in [5.41, 5.74) is 4.53. The van der Waals surface area contributed by atoms with Crippen LogP contribution in [0.2, 0.25) is 10.0 Å². The Morgan fingerprint density at radius 3 is 2.19 bits per heavy atom. The molecular formula is C37H41Cl2N3O4S. The van der Waals surface area contributed by atoms with E-state index in [0.717, 1.165) is 39.4 Å². The lowest BCUT2D eigenvalue weighted by Gasteiger charge is -2.34. The van der Waals surface area contributed by atoms with Gasteiger partial charge in [-0.1, -0.05) is 96.7 Å². The summed E-state index contributed by atoms with van der Waals surface area (Å²) in [6, 6.07) is 25.2. The van der Waals surface area contributed by atoms with Gasteiger partial charge < -0.3 is 10.2 Å². The van der Waals surface area contributed by atoms with Crippen LogP contribution in [0.5, 0.6) is 0 Å². The number of aryl methyl sites for hydroxylation is 3. The lowest BCUT2D eigenvalue weighted by atomic mass is 10.0. The summed E-state index contributed by atoms with van der Waals surface area (Å²) in [4.78, 5) is 30.0. The first kappa shape index (κ1) is 36.0. The molecule has 248 valence electrons. The number of amides is 2. The molecule has 4 aromatic rings. The van der Waals surface area contributed by atoms with Crippen molar-refractivity contribution in [2.45, 2.75) is 64.4 Å². The van der Waals surface area contributed by atoms with Crippen molar-refractivity contribution >= 4 is 50.7 Å². The monoisotopic (exact) mass is 693 g/mol. The highest BCUT2D eigenvalue weighted by molar-refractivity contribution is 7.92. The van der Waals surface area contributed by atoms with Gasteiger partial charge in [-0.2, -0.15) is 0 Å². The van der Waals surface area contributed by atoms with Crippen LogP contribution in [-0.2, 0) is 32.6 Å². The van der Waals surface area contributed by atoms with Crippen molar-refractivity contribution in [3.8, 4) is 0 Å². The summed E-state index contributed by atoms with van der Waals surface area (Å²) in [7, 11) is -4.20. The highest BCUT2D eigenvalue weighted by Crippen LogP contribution is 2.28. The number of hydrogen-bond donors (Lipinski definition) is 1. The summed E-state index contributed by atoms with van der Waals surface area (Å²) >= 11 is 12.8. The quantitative estimate of drug-likeness (QED) is 0.137. The van der Waals surface area contributed by atoms with Crippen molar-refractivity contribution in [1.82, 2.24) is 10.2 Å². The van der Waals surface area contributed by atoms with Gasteiger partial charge in [0, 0.05) is 29.6 Å². The second kappa shape index (κ2) is 16.3. The van der Waals surface area contributed by atoms with Gasteiger partial charge in [-0.05, 0) is 85.8 Å². The van der Waals surface area contributed by atoms with Crippen LogP contribution in [0.25, 0.3) is 0 Å². The van der Waals surface area contributed by atoms with E-state index < -0.39 is 28.5 Å². The molecule has 4 rings (SSSR count). The number of nitrogens with one attached hydrogen (secondary N) is 1. The molecule has 0 saturated carbocycles. The fourth-order valence-corrected chi connectivity index (χ4v) is 7.01. The highest BCUT2D eigenvalue weighted by Gasteiger charge is 2.35. The lowest BCUT2D eigenvalue weighted by Crippen LogP contribution is -2.53. The van der Waals surface area contributed by atoms with E-state index in [1.807, 2.05) is 64.1 Å². The maximum Gasteiger partial charge on any atom is 0.264 e. The van der Waals surface area contributed by atoms with E-state index in [4.69, 9.17) is 23.2 Å². The Hall–Kier alpha value is -3.85. The van der Waals surface area contributed by atoms with Gasteiger partial charge in [0.15, 0.2) is 0 Å². The average molecular weight is 695 g/mol. The molecule has 1 N–H and O–H groups in total. The Bertz CT molecular complexity index is 1800. The first-order valence-electron chi connectivity index (χ1n) is 15.6. The number of carbonyl (C=O) groups excluding carboxylic acids is 2. The van der Waals surface area contributed by atoms with Crippen molar-refractivity contribution < 1.29 is 18.0 Å². The van der Waals surface area contributed by atoms with Crippen LogP contribution < -0.4 is 9.62 Å². The predicted octanol–water partition coefficient (Wildman–Crippen LogP) is 7.67. The molecule has 4 aromatic carbocycles. The minimum atomic E-state index is -4.20. The molecule has 0 aromatic heterocycles. The average Bonchev–Trinajstić information content (AvgIpc) is 3.04. The first-order valence-corrected chi connectivity index (χ1v) is 17.8. The van der Waals surface area contributed by atoms with Gasteiger partial charge in [-0.3, -0.25) is 13.9 Å². The van der Waals surface area contributed by atoms with Gasteiger partial charge in [0.05, 0.1) is 10.6 Å². The van der Waals surface area contributed by atoms with Crippen LogP contribution >= 0.6 is 23.2 Å². The maximum atomic E-state index is 14.6. The summed E-state index contributed by atoms with van der Waals surface area (Å²) in [6.07, 6.45) is 1.87. The molecule has 10 heteroatoms. The Kier molecular flexibility index (Phi) is 12.5. The highest BCUT2D eigenvalue weighted by atomic mass is 35.5. The number of anilines is 1. The zero-order valence-corrected chi connectivity index (χ0v) is 29.5. The molecule has 47 heavy (non-hydrogen) atoms. The number of benzene rings is 4. The second-order valence-electron chi connectivity index (χ2n) is 11.7. The number of rotatable bonds is 14. The van der Waals surface area contributed by atoms with Crippen LogP contribution in [0.4, 0.5) is 5.69 Å². The number of sulfonamides is 1. The maximum absolute atomic E-state index is 14.6. The molecule has 0 aliphatic heterocycles. The van der Waals surface area contributed by atoms with E-state index in [1.54, 1.807) is 42.5 Å². The number of nitrogens with zero attached hydrogens (tertiary/aromatic N) is 2. The minimum Gasteiger partial charge on any atom is -0.354 e. The van der Waals surface area contributed by atoms with Gasteiger partial charge in [0.1, 0.15) is 12.6 Å². The number of unbranched alkanes of at least 4 members (excludes halogenated alkanes) is 1. The van der Waals surface area contributed by atoms with Crippen LogP contribution in [0.15, 0.2) is 95.9 Å². The number of carbonyl (C=O) groups is 2. The van der Waals surface area contributed by atoms with Crippen LogP contribution in [0, 0.1) is 20.8 Å². The summed E-state index contributed by atoms with van der Waals surface area (Å²) in [5, 5.41) is 3.75. The summed E-state index contributed by atoms with van der Waals surface area (Å²) in [5.74, 6) is -0.892. The van der Waals surface area contributed by atoms with Gasteiger partial charge in [0.25, 0.3) is 10.0 Å². The lowest BCUT2D eigenvalue weighted by molar-refractivity contribution is -0.140. The molecule has 0 radical (unpaired) electrons. The predicted molar refractivity (Wildman–Crippen MR) is 190 cm³/mol. The van der Waals surface area contributed by atoms with Gasteiger partial charge in [0.2, 0.25) is 11.8 Å². The molecule has 0 saturated heterocycles. The zero-order chi connectivity index (χ0) is 34.1. The van der Waals surface area contributed by atoms with Crippen molar-refractivity contribution in [3.05, 3.63) is 129 Å². The molecule has 0 bridgehead atoms. The van der Waals surface area contributed by atoms with Crippen molar-refractivity contribution in [2.24, 2.45) is 0 Å². The largest absolute Gasteiger partial charge is 0.354 e. The molecule has 1 unspecified atom stereocenters. The van der Waals surface area contributed by atoms with Gasteiger partial charge in [-0.15, -0.1) is 0 Å². The fraction of sp³-hybridized carbons (Fsp3) is 0.297. The topological polar surface area (TPSA) is 86.8 Å². The van der Waals surface area contributed by atoms with Crippen molar-refractivity contribution in [2.75, 3.05) is 17.4 Å². The van der Waals surface area contributed by atoms with E-state index in [2.05, 4.69) is 5.32 Å². The third kappa shape index (κ3) is 9.37. The van der Waals surface area contributed by atoms with Crippen LogP contribution in [0.3, 0.4) is 0 Å². The first-order chi connectivity index (χ1) is 22.4. The van der Waals surface area contributed by atoms with E-state index in [1.165, 1.54) is 17.0 Å². The minimum absolute atomic E-state index is 0.0428. The Morgan fingerprint density at radius 2 is 1.55 bits per heavy atom. The number of hydrogen-bond acceptors (Lipinski definition) is 4. The van der Waals surface area contributed by atoms with Gasteiger partial charge in [-0.25, -0.2) is 8.42 Å². The molecule has 0 fully saturated rings. The Morgan fingerprint density at radius 1 is 0.851 bits per heavy atom. The molecule has 0 aliphatic carbocycles. The standard InChI is InChI=1S/C37H41Cl2N3O4S/c1-5-6-20-40-37(44)35(22-29-10-8-7-9-11-29)41(24-30-15-16-31(38)23-34(30)39)36(43)25-42(32-17-14-27(3)28(4)21-32)47(45,46)33-18-12-26(2)13-19-33/h7-19,21,23,35H,5-6,20,22,24-25H2,1-4H3,(H,40,44). The molecule has 7 nitrogen and oxygen atoms in total. The molecule has 1 atom stereocenters. The SMILES string of the molecule is CCCCNC(=O)C(Cc1ccccc1)N(Cc1ccc(Cl)cc1Cl)C(=O)CN(c1ccc(C)c(C)c1)S(=O)(=O)c1ccc(C)cc1.